The van der Waals surface area contributed by atoms with Gasteiger partial charge in [0.25, 0.3) is 0 Å². The quantitative estimate of drug-likeness (QED) is 0.869. The molecule has 0 bridgehead atoms. The highest BCUT2D eigenvalue weighted by Crippen LogP contribution is 2.34. The number of carboxylic acid groups (broad SMARTS) is 1. The summed E-state index contributed by atoms with van der Waals surface area (Å²) in [4.78, 5) is 10.9. The topological polar surface area (TPSA) is 37.3 Å². The van der Waals surface area contributed by atoms with Gasteiger partial charge in [-0.25, -0.2) is 0 Å². The molecule has 1 aliphatic carbocycles. The molecular weight excluding hydrogens is 224 g/mol. The monoisotopic (exact) mass is 242 g/mol. The van der Waals surface area contributed by atoms with E-state index in [9.17, 15) is 4.79 Å². The van der Waals surface area contributed by atoms with Crippen LogP contribution < -0.4 is 0 Å². The summed E-state index contributed by atoms with van der Waals surface area (Å²) in [6.07, 6.45) is 3.70. The van der Waals surface area contributed by atoms with Crippen LogP contribution in [0.4, 0.5) is 0 Å². The van der Waals surface area contributed by atoms with Gasteiger partial charge in [-0.2, -0.15) is 0 Å². The molecule has 0 radical (unpaired) electrons. The molecule has 0 aromatic heterocycles. The van der Waals surface area contributed by atoms with Gasteiger partial charge >= 0.3 is 5.97 Å². The second-order valence-corrected chi connectivity index (χ2v) is 4.98. The molecule has 1 aromatic carbocycles. The van der Waals surface area contributed by atoms with E-state index < -0.39 is 5.97 Å². The number of carboxylic acids is 1. The van der Waals surface area contributed by atoms with Crippen molar-refractivity contribution in [3.63, 3.8) is 0 Å². The van der Waals surface area contributed by atoms with Crippen molar-refractivity contribution in [2.45, 2.75) is 26.7 Å². The van der Waals surface area contributed by atoms with Gasteiger partial charge in [0.2, 0.25) is 0 Å². The molecule has 2 rings (SSSR count). The minimum absolute atomic E-state index is 0.306. The molecule has 0 aliphatic heterocycles. The van der Waals surface area contributed by atoms with Crippen LogP contribution in [0.3, 0.4) is 0 Å². The first kappa shape index (κ1) is 12.6. The number of rotatable bonds is 4. The maximum atomic E-state index is 10.9. The average Bonchev–Trinajstić information content (AvgIpc) is 2.71. The lowest BCUT2D eigenvalue weighted by Crippen LogP contribution is -2.09. The molecule has 0 fully saturated rings. The van der Waals surface area contributed by atoms with Crippen molar-refractivity contribution < 1.29 is 9.90 Å². The lowest BCUT2D eigenvalue weighted by Gasteiger charge is -2.06. The van der Waals surface area contributed by atoms with Gasteiger partial charge in [0.1, 0.15) is 0 Å². The van der Waals surface area contributed by atoms with Crippen LogP contribution in [0.2, 0.25) is 0 Å². The normalized spacial score (nSPS) is 16.7. The minimum Gasteiger partial charge on any atom is -0.481 e. The van der Waals surface area contributed by atoms with E-state index in [1.165, 1.54) is 22.3 Å². The molecule has 1 N–H and O–H groups in total. The van der Waals surface area contributed by atoms with Crippen molar-refractivity contribution in [1.82, 2.24) is 0 Å². The first-order valence-electron chi connectivity index (χ1n) is 6.25. The van der Waals surface area contributed by atoms with Gasteiger partial charge in [-0.15, -0.1) is 0 Å². The number of carbonyl (C=O) groups is 1. The SMILES string of the molecule is CC1=C(c2ccccc2)C=C(CC(C)C(=O)O)C1. The second-order valence-electron chi connectivity index (χ2n) is 4.98. The molecule has 2 heteroatoms. The smallest absolute Gasteiger partial charge is 0.306 e. The van der Waals surface area contributed by atoms with Crippen LogP contribution in [-0.2, 0) is 4.79 Å². The van der Waals surface area contributed by atoms with Crippen LogP contribution in [0, 0.1) is 5.92 Å². The lowest BCUT2D eigenvalue weighted by molar-refractivity contribution is -0.141. The molecule has 0 heterocycles. The standard InChI is InChI=1S/C16H18O2/c1-11-8-13(9-12(2)16(17)18)10-15(11)14-6-4-3-5-7-14/h3-7,10,12H,8-9H2,1-2H3,(H,17,18). The van der Waals surface area contributed by atoms with Gasteiger partial charge in [-0.3, -0.25) is 4.79 Å². The molecule has 0 amide bonds. The van der Waals surface area contributed by atoms with Crippen LogP contribution in [0.25, 0.3) is 5.57 Å². The highest BCUT2D eigenvalue weighted by atomic mass is 16.4. The summed E-state index contributed by atoms with van der Waals surface area (Å²) in [5.74, 6) is -1.03. The van der Waals surface area contributed by atoms with Crippen molar-refractivity contribution in [2.24, 2.45) is 5.92 Å². The lowest BCUT2D eigenvalue weighted by atomic mass is 10.00. The van der Waals surface area contributed by atoms with Crippen molar-refractivity contribution in [3.8, 4) is 0 Å². The summed E-state index contributed by atoms with van der Waals surface area (Å²) in [5.41, 5.74) is 5.02. The van der Waals surface area contributed by atoms with E-state index in [0.29, 0.717) is 6.42 Å². The summed E-state index contributed by atoms with van der Waals surface area (Å²) < 4.78 is 0. The Morgan fingerprint density at radius 3 is 2.61 bits per heavy atom. The summed E-state index contributed by atoms with van der Waals surface area (Å²) in [6.45, 7) is 3.89. The molecular formula is C16H18O2. The number of aliphatic carboxylic acids is 1. The van der Waals surface area contributed by atoms with Crippen LogP contribution in [0.15, 0.2) is 47.6 Å². The van der Waals surface area contributed by atoms with E-state index in [1.807, 2.05) is 18.2 Å². The van der Waals surface area contributed by atoms with Gasteiger partial charge in [-0.05, 0) is 30.9 Å². The van der Waals surface area contributed by atoms with E-state index >= 15 is 0 Å². The molecule has 18 heavy (non-hydrogen) atoms. The third-order valence-corrected chi connectivity index (χ3v) is 3.38. The highest BCUT2D eigenvalue weighted by Gasteiger charge is 2.18. The van der Waals surface area contributed by atoms with Gasteiger partial charge < -0.3 is 5.11 Å². The molecule has 0 spiro atoms. The van der Waals surface area contributed by atoms with Crippen molar-refractivity contribution in [2.75, 3.05) is 0 Å². The summed E-state index contributed by atoms with van der Waals surface area (Å²) in [7, 11) is 0. The first-order valence-corrected chi connectivity index (χ1v) is 6.25. The van der Waals surface area contributed by atoms with Gasteiger partial charge in [0.15, 0.2) is 0 Å². The van der Waals surface area contributed by atoms with E-state index in [0.717, 1.165) is 6.42 Å². The summed E-state index contributed by atoms with van der Waals surface area (Å²) in [5, 5.41) is 8.95. The molecule has 1 aromatic rings. The number of hydrogen-bond acceptors (Lipinski definition) is 1. The van der Waals surface area contributed by atoms with Crippen molar-refractivity contribution in [1.29, 1.82) is 0 Å². The molecule has 0 saturated heterocycles. The minimum atomic E-state index is -0.721. The van der Waals surface area contributed by atoms with Crippen LogP contribution in [-0.4, -0.2) is 11.1 Å². The molecule has 0 saturated carbocycles. The van der Waals surface area contributed by atoms with E-state index in [4.69, 9.17) is 5.11 Å². The van der Waals surface area contributed by atoms with Crippen molar-refractivity contribution >= 4 is 11.5 Å². The molecule has 1 atom stereocenters. The third-order valence-electron chi connectivity index (χ3n) is 3.38. The fourth-order valence-corrected chi connectivity index (χ4v) is 2.37. The van der Waals surface area contributed by atoms with Crippen LogP contribution >= 0.6 is 0 Å². The molecule has 1 aliphatic rings. The Labute approximate surface area is 108 Å². The predicted octanol–water partition coefficient (Wildman–Crippen LogP) is 3.90. The summed E-state index contributed by atoms with van der Waals surface area (Å²) in [6, 6.07) is 10.3. The first-order chi connectivity index (χ1) is 8.58. The van der Waals surface area contributed by atoms with Gasteiger partial charge in [0, 0.05) is 0 Å². The Morgan fingerprint density at radius 2 is 2.00 bits per heavy atom. The maximum absolute atomic E-state index is 10.9. The Balaban J connectivity index is 2.15. The van der Waals surface area contributed by atoms with Gasteiger partial charge in [0.05, 0.1) is 5.92 Å². The molecule has 1 unspecified atom stereocenters. The zero-order valence-corrected chi connectivity index (χ0v) is 10.8. The van der Waals surface area contributed by atoms with Crippen LogP contribution in [0.5, 0.6) is 0 Å². The fourth-order valence-electron chi connectivity index (χ4n) is 2.37. The Hall–Kier alpha value is -1.83. The third kappa shape index (κ3) is 2.70. The maximum Gasteiger partial charge on any atom is 0.306 e. The average molecular weight is 242 g/mol. The molecule has 94 valence electrons. The highest BCUT2D eigenvalue weighted by molar-refractivity contribution is 5.80. The second kappa shape index (κ2) is 5.21. The Bertz CT molecular complexity index is 509. The van der Waals surface area contributed by atoms with Crippen LogP contribution in [0.1, 0.15) is 32.3 Å². The predicted molar refractivity (Wildman–Crippen MR) is 73.2 cm³/mol. The van der Waals surface area contributed by atoms with E-state index in [2.05, 4.69) is 25.1 Å². The fraction of sp³-hybridized carbons (Fsp3) is 0.312. The van der Waals surface area contributed by atoms with Crippen molar-refractivity contribution in [3.05, 3.63) is 53.1 Å². The molecule has 2 nitrogen and oxygen atoms in total. The summed E-state index contributed by atoms with van der Waals surface area (Å²) >= 11 is 0. The zero-order chi connectivity index (χ0) is 13.1. The number of benzene rings is 1. The Kier molecular flexibility index (Phi) is 3.66. The zero-order valence-electron chi connectivity index (χ0n) is 10.8. The number of hydrogen-bond donors (Lipinski definition) is 1. The number of allylic oxidation sites excluding steroid dienone is 4. The largest absolute Gasteiger partial charge is 0.481 e. The van der Waals surface area contributed by atoms with Gasteiger partial charge in [-0.1, -0.05) is 54.5 Å². The Morgan fingerprint density at radius 1 is 1.33 bits per heavy atom. The van der Waals surface area contributed by atoms with E-state index in [1.54, 1.807) is 6.92 Å². The van der Waals surface area contributed by atoms with E-state index in [-0.39, 0.29) is 5.92 Å².